The van der Waals surface area contributed by atoms with Crippen LogP contribution in [-0.4, -0.2) is 17.0 Å². The number of nitrogens with one attached hydrogen (secondary N) is 1. The molecule has 1 aromatic heterocycles. The van der Waals surface area contributed by atoms with Crippen LogP contribution in [0.25, 0.3) is 6.08 Å². The highest BCUT2D eigenvalue weighted by molar-refractivity contribution is 9.10. The topological polar surface area (TPSA) is 79.5 Å². The van der Waals surface area contributed by atoms with Crippen molar-refractivity contribution in [2.45, 2.75) is 0 Å². The van der Waals surface area contributed by atoms with Gasteiger partial charge in [-0.3, -0.25) is 4.79 Å². The molecule has 0 aliphatic heterocycles. The summed E-state index contributed by atoms with van der Waals surface area (Å²) >= 11 is 3.07. The number of rotatable bonds is 4. The predicted molar refractivity (Wildman–Crippen MR) is 75.9 cm³/mol. The van der Waals surface area contributed by atoms with Gasteiger partial charge in [-0.15, -0.1) is 0 Å². The van der Waals surface area contributed by atoms with Gasteiger partial charge in [-0.2, -0.15) is 0 Å². The molecule has 102 valence electrons. The smallest absolute Gasteiger partial charge is 0.352 e. The van der Waals surface area contributed by atoms with Crippen LogP contribution in [0.1, 0.15) is 16.1 Å². The lowest BCUT2D eigenvalue weighted by molar-refractivity contribution is -0.132. The Morgan fingerprint density at radius 1 is 1.15 bits per heavy atom. The Balaban J connectivity index is 2.20. The number of furan rings is 1. The molecule has 0 radical (unpaired) electrons. The summed E-state index contributed by atoms with van der Waals surface area (Å²) in [5, 5.41) is 11.4. The Bertz CT molecular complexity index is 661. The van der Waals surface area contributed by atoms with Crippen LogP contribution in [-0.2, 0) is 4.79 Å². The van der Waals surface area contributed by atoms with Gasteiger partial charge in [-0.05, 0) is 39.7 Å². The highest BCUT2D eigenvalue weighted by atomic mass is 79.9. The van der Waals surface area contributed by atoms with E-state index in [0.717, 1.165) is 0 Å². The predicted octanol–water partition coefficient (Wildman–Crippen LogP) is 2.90. The van der Waals surface area contributed by atoms with Crippen molar-refractivity contribution in [3.05, 3.63) is 64.2 Å². The maximum Gasteiger partial charge on any atom is 0.352 e. The van der Waals surface area contributed by atoms with Crippen LogP contribution in [0.2, 0.25) is 0 Å². The van der Waals surface area contributed by atoms with E-state index in [-0.39, 0.29) is 11.5 Å². The quantitative estimate of drug-likeness (QED) is 0.842. The average Bonchev–Trinajstić information content (AvgIpc) is 2.86. The zero-order valence-electron chi connectivity index (χ0n) is 10.2. The van der Waals surface area contributed by atoms with E-state index in [1.54, 1.807) is 30.3 Å². The van der Waals surface area contributed by atoms with Gasteiger partial charge in [-0.1, -0.05) is 30.3 Å². The lowest BCUT2D eigenvalue weighted by atomic mass is 10.2. The van der Waals surface area contributed by atoms with Gasteiger partial charge in [0.05, 0.1) is 0 Å². The number of aliphatic carboxylic acids is 1. The molecular formula is C14H10BrNO4. The number of carbonyl (C=O) groups excluding carboxylic acids is 1. The maximum atomic E-state index is 11.8. The second-order valence-electron chi connectivity index (χ2n) is 3.83. The van der Waals surface area contributed by atoms with E-state index in [1.165, 1.54) is 12.1 Å². The molecular weight excluding hydrogens is 326 g/mol. The summed E-state index contributed by atoms with van der Waals surface area (Å²) in [6.07, 6.45) is 1.37. The molecule has 20 heavy (non-hydrogen) atoms. The molecule has 2 N–H and O–H groups in total. The summed E-state index contributed by atoms with van der Waals surface area (Å²) in [5.74, 6) is -1.83. The molecule has 2 aromatic rings. The van der Waals surface area contributed by atoms with E-state index < -0.39 is 11.9 Å². The molecule has 1 aromatic carbocycles. The fourth-order valence-electron chi connectivity index (χ4n) is 1.49. The first kappa shape index (κ1) is 14.1. The van der Waals surface area contributed by atoms with E-state index in [9.17, 15) is 9.59 Å². The Kier molecular flexibility index (Phi) is 4.37. The van der Waals surface area contributed by atoms with Crippen molar-refractivity contribution in [2.24, 2.45) is 0 Å². The van der Waals surface area contributed by atoms with Gasteiger partial charge in [0.2, 0.25) is 0 Å². The van der Waals surface area contributed by atoms with Gasteiger partial charge in [0.15, 0.2) is 10.4 Å². The molecule has 0 fully saturated rings. The van der Waals surface area contributed by atoms with Crippen molar-refractivity contribution >= 4 is 33.9 Å². The summed E-state index contributed by atoms with van der Waals surface area (Å²) in [4.78, 5) is 23.0. The van der Waals surface area contributed by atoms with Crippen LogP contribution in [0, 0.1) is 0 Å². The molecule has 0 aliphatic rings. The fourth-order valence-corrected chi connectivity index (χ4v) is 1.79. The molecule has 0 atom stereocenters. The molecule has 5 nitrogen and oxygen atoms in total. The van der Waals surface area contributed by atoms with Crippen LogP contribution in [0.3, 0.4) is 0 Å². The third-order valence-corrected chi connectivity index (χ3v) is 2.81. The monoisotopic (exact) mass is 335 g/mol. The molecule has 0 bridgehead atoms. The Morgan fingerprint density at radius 3 is 2.40 bits per heavy atom. The van der Waals surface area contributed by atoms with Gasteiger partial charge in [-0.25, -0.2) is 4.79 Å². The number of carboxylic acid groups (broad SMARTS) is 1. The Labute approximate surface area is 123 Å². The summed E-state index contributed by atoms with van der Waals surface area (Å²) in [6.45, 7) is 0. The maximum absolute atomic E-state index is 11.8. The van der Waals surface area contributed by atoms with Crippen molar-refractivity contribution in [3.63, 3.8) is 0 Å². The summed E-state index contributed by atoms with van der Waals surface area (Å²) in [7, 11) is 0. The zero-order chi connectivity index (χ0) is 14.5. The van der Waals surface area contributed by atoms with Crippen LogP contribution >= 0.6 is 15.9 Å². The number of hydrogen-bond acceptors (Lipinski definition) is 3. The third-order valence-electron chi connectivity index (χ3n) is 2.39. The first-order chi connectivity index (χ1) is 9.56. The first-order valence-corrected chi connectivity index (χ1v) is 6.42. The normalized spacial score (nSPS) is 11.2. The first-order valence-electron chi connectivity index (χ1n) is 5.63. The molecule has 1 amide bonds. The van der Waals surface area contributed by atoms with E-state index in [4.69, 9.17) is 9.52 Å². The molecule has 6 heteroatoms. The van der Waals surface area contributed by atoms with Crippen molar-refractivity contribution < 1.29 is 19.1 Å². The van der Waals surface area contributed by atoms with E-state index >= 15 is 0 Å². The van der Waals surface area contributed by atoms with Crippen LogP contribution in [0.4, 0.5) is 0 Å². The second kappa shape index (κ2) is 6.21. The molecule has 0 spiro atoms. The summed E-state index contributed by atoms with van der Waals surface area (Å²) in [6, 6.07) is 11.8. The number of benzene rings is 1. The summed E-state index contributed by atoms with van der Waals surface area (Å²) < 4.78 is 5.46. The molecule has 0 unspecified atom stereocenters. The standard InChI is InChI=1S/C14H10BrNO4/c15-12-7-6-11(20-12)13(17)16-10(14(18)19)8-9-4-2-1-3-5-9/h1-8H,(H,16,17)(H,18,19). The lowest BCUT2D eigenvalue weighted by Gasteiger charge is -2.04. The van der Waals surface area contributed by atoms with Crippen LogP contribution in [0.15, 0.2) is 57.2 Å². The molecule has 0 saturated carbocycles. The van der Waals surface area contributed by atoms with E-state index in [0.29, 0.717) is 10.2 Å². The number of amides is 1. The minimum Gasteiger partial charge on any atom is -0.477 e. The van der Waals surface area contributed by atoms with Crippen LogP contribution < -0.4 is 5.32 Å². The average molecular weight is 336 g/mol. The Morgan fingerprint density at radius 2 is 1.85 bits per heavy atom. The summed E-state index contributed by atoms with van der Waals surface area (Å²) in [5.41, 5.74) is 0.444. The number of hydrogen-bond donors (Lipinski definition) is 2. The second-order valence-corrected chi connectivity index (χ2v) is 4.61. The van der Waals surface area contributed by atoms with E-state index in [2.05, 4.69) is 21.2 Å². The Hall–Kier alpha value is -2.34. The van der Waals surface area contributed by atoms with Crippen molar-refractivity contribution in [2.75, 3.05) is 0 Å². The van der Waals surface area contributed by atoms with Gasteiger partial charge >= 0.3 is 5.97 Å². The highest BCUT2D eigenvalue weighted by Gasteiger charge is 2.16. The van der Waals surface area contributed by atoms with Gasteiger partial charge in [0.1, 0.15) is 5.70 Å². The number of carbonyl (C=O) groups is 2. The number of carboxylic acids is 1. The van der Waals surface area contributed by atoms with Gasteiger partial charge in [0.25, 0.3) is 5.91 Å². The number of halogens is 1. The van der Waals surface area contributed by atoms with E-state index in [1.807, 2.05) is 6.07 Å². The van der Waals surface area contributed by atoms with Crippen molar-refractivity contribution in [1.82, 2.24) is 5.32 Å². The highest BCUT2D eigenvalue weighted by Crippen LogP contribution is 2.14. The van der Waals surface area contributed by atoms with Gasteiger partial charge in [0, 0.05) is 0 Å². The van der Waals surface area contributed by atoms with Gasteiger partial charge < -0.3 is 14.8 Å². The minimum atomic E-state index is -1.23. The minimum absolute atomic E-state index is 0.0251. The lowest BCUT2D eigenvalue weighted by Crippen LogP contribution is -2.26. The zero-order valence-corrected chi connectivity index (χ0v) is 11.8. The SMILES string of the molecule is O=C(O)C(=Cc1ccccc1)NC(=O)c1ccc(Br)o1. The third kappa shape index (κ3) is 3.58. The fraction of sp³-hybridized carbons (Fsp3) is 0. The molecule has 2 rings (SSSR count). The molecule has 0 saturated heterocycles. The molecule has 1 heterocycles. The largest absolute Gasteiger partial charge is 0.477 e. The van der Waals surface area contributed by atoms with Crippen LogP contribution in [0.5, 0.6) is 0 Å². The van der Waals surface area contributed by atoms with Crippen molar-refractivity contribution in [1.29, 1.82) is 0 Å². The molecule has 0 aliphatic carbocycles. The van der Waals surface area contributed by atoms with Crippen molar-refractivity contribution in [3.8, 4) is 0 Å².